The van der Waals surface area contributed by atoms with Crippen molar-refractivity contribution in [2.75, 3.05) is 41.3 Å². The molecular formula is C22H24FN5. The van der Waals surface area contributed by atoms with Crippen molar-refractivity contribution in [1.82, 2.24) is 9.97 Å². The van der Waals surface area contributed by atoms with Crippen molar-refractivity contribution in [3.8, 4) is 0 Å². The summed E-state index contributed by atoms with van der Waals surface area (Å²) in [5, 5.41) is 3.30. The van der Waals surface area contributed by atoms with Crippen LogP contribution in [0.2, 0.25) is 0 Å². The summed E-state index contributed by atoms with van der Waals surface area (Å²) in [6, 6.07) is 15.2. The average Bonchev–Trinajstić information content (AvgIpc) is 2.68. The monoisotopic (exact) mass is 377 g/mol. The van der Waals surface area contributed by atoms with E-state index in [9.17, 15) is 4.39 Å². The van der Waals surface area contributed by atoms with Crippen molar-refractivity contribution >= 4 is 23.1 Å². The zero-order valence-corrected chi connectivity index (χ0v) is 16.2. The van der Waals surface area contributed by atoms with Crippen LogP contribution in [0, 0.1) is 19.7 Å². The number of hydrogen-bond acceptors (Lipinski definition) is 5. The first kappa shape index (κ1) is 18.2. The second kappa shape index (κ2) is 7.84. The molecule has 2 heterocycles. The number of aromatic nitrogens is 2. The molecular weight excluding hydrogens is 353 g/mol. The fourth-order valence-corrected chi connectivity index (χ4v) is 3.65. The number of rotatable bonds is 4. The zero-order valence-electron chi connectivity index (χ0n) is 16.2. The third kappa shape index (κ3) is 4.06. The van der Waals surface area contributed by atoms with Gasteiger partial charge in [0.15, 0.2) is 0 Å². The van der Waals surface area contributed by atoms with Gasteiger partial charge in [-0.25, -0.2) is 9.37 Å². The lowest BCUT2D eigenvalue weighted by Crippen LogP contribution is -2.47. The maximum atomic E-state index is 14.0. The highest BCUT2D eigenvalue weighted by atomic mass is 19.1. The lowest BCUT2D eigenvalue weighted by Gasteiger charge is -2.36. The lowest BCUT2D eigenvalue weighted by molar-refractivity contribution is 0.596. The van der Waals surface area contributed by atoms with Crippen LogP contribution in [0.3, 0.4) is 0 Å². The quantitative estimate of drug-likeness (QED) is 0.734. The number of halogens is 1. The fraction of sp³-hybridized carbons (Fsp3) is 0.273. The van der Waals surface area contributed by atoms with E-state index in [2.05, 4.69) is 57.1 Å². The van der Waals surface area contributed by atoms with Crippen molar-refractivity contribution < 1.29 is 4.39 Å². The zero-order chi connectivity index (χ0) is 19.5. The molecule has 0 bridgehead atoms. The topological polar surface area (TPSA) is 44.3 Å². The number of hydrogen-bond donors (Lipinski definition) is 1. The van der Waals surface area contributed by atoms with Gasteiger partial charge in [0.05, 0.1) is 5.69 Å². The minimum absolute atomic E-state index is 0.169. The molecule has 1 aromatic heterocycles. The molecule has 1 fully saturated rings. The first-order valence-corrected chi connectivity index (χ1v) is 9.51. The molecule has 2 aromatic carbocycles. The predicted octanol–water partition coefficient (Wildman–Crippen LogP) is 4.30. The molecule has 0 amide bonds. The Morgan fingerprint density at radius 2 is 1.57 bits per heavy atom. The fourth-order valence-electron chi connectivity index (χ4n) is 3.65. The molecule has 6 heteroatoms. The van der Waals surface area contributed by atoms with Gasteiger partial charge >= 0.3 is 0 Å². The molecule has 0 radical (unpaired) electrons. The maximum absolute atomic E-state index is 14.0. The molecule has 1 aliphatic heterocycles. The molecule has 3 aromatic rings. The summed E-state index contributed by atoms with van der Waals surface area (Å²) in [6.07, 6.45) is 1.77. The van der Waals surface area contributed by atoms with Gasteiger partial charge in [0.1, 0.15) is 11.6 Å². The van der Waals surface area contributed by atoms with Crippen molar-refractivity contribution in [2.24, 2.45) is 0 Å². The minimum atomic E-state index is -0.169. The van der Waals surface area contributed by atoms with Crippen LogP contribution in [0.25, 0.3) is 0 Å². The summed E-state index contributed by atoms with van der Waals surface area (Å²) in [5.74, 6) is 1.30. The average molecular weight is 377 g/mol. The number of aryl methyl sites for hydroxylation is 2. The van der Waals surface area contributed by atoms with Crippen molar-refractivity contribution in [1.29, 1.82) is 0 Å². The highest BCUT2D eigenvalue weighted by Gasteiger charge is 2.20. The van der Waals surface area contributed by atoms with E-state index in [1.807, 2.05) is 18.2 Å². The number of para-hydroxylation sites is 1. The van der Waals surface area contributed by atoms with Crippen LogP contribution in [0.5, 0.6) is 0 Å². The van der Waals surface area contributed by atoms with Gasteiger partial charge < -0.3 is 15.1 Å². The van der Waals surface area contributed by atoms with Crippen LogP contribution >= 0.6 is 0 Å². The van der Waals surface area contributed by atoms with Crippen LogP contribution in [-0.2, 0) is 0 Å². The Kier molecular flexibility index (Phi) is 5.10. The summed E-state index contributed by atoms with van der Waals surface area (Å²) in [6.45, 7) is 7.23. The van der Waals surface area contributed by atoms with Crippen molar-refractivity contribution in [3.63, 3.8) is 0 Å². The molecule has 1 aliphatic rings. The smallest absolute Gasteiger partial charge is 0.229 e. The van der Waals surface area contributed by atoms with Gasteiger partial charge in [-0.2, -0.15) is 4.98 Å². The van der Waals surface area contributed by atoms with E-state index in [4.69, 9.17) is 0 Å². The summed E-state index contributed by atoms with van der Waals surface area (Å²) in [4.78, 5) is 13.3. The molecule has 0 saturated carbocycles. The van der Waals surface area contributed by atoms with Crippen molar-refractivity contribution in [2.45, 2.75) is 13.8 Å². The molecule has 4 rings (SSSR count). The minimum Gasteiger partial charge on any atom is -0.366 e. The Hall–Kier alpha value is -3.15. The number of piperazine rings is 1. The van der Waals surface area contributed by atoms with E-state index in [0.717, 1.165) is 37.7 Å². The summed E-state index contributed by atoms with van der Waals surface area (Å²) in [5.41, 5.74) is 4.05. The summed E-state index contributed by atoms with van der Waals surface area (Å²) in [7, 11) is 0. The van der Waals surface area contributed by atoms with Gasteiger partial charge in [0.25, 0.3) is 0 Å². The molecule has 1 saturated heterocycles. The molecule has 0 unspecified atom stereocenters. The van der Waals surface area contributed by atoms with Gasteiger partial charge in [-0.3, -0.25) is 0 Å². The van der Waals surface area contributed by atoms with Crippen LogP contribution in [-0.4, -0.2) is 36.1 Å². The second-order valence-corrected chi connectivity index (χ2v) is 7.17. The third-order valence-corrected chi connectivity index (χ3v) is 4.92. The first-order chi connectivity index (χ1) is 13.6. The van der Waals surface area contributed by atoms with Gasteiger partial charge in [-0.1, -0.05) is 18.2 Å². The Balaban J connectivity index is 1.44. The van der Waals surface area contributed by atoms with Crippen LogP contribution in [0.4, 0.5) is 27.5 Å². The molecule has 0 spiro atoms. The standard InChI is InChI=1S/C22H24FN5/c1-16-13-17(2)15-18(14-16)25-22-24-8-7-21(26-22)28-11-9-27(10-12-28)20-6-4-3-5-19(20)23/h3-8,13-15H,9-12H2,1-2H3,(H,24,25,26). The van der Waals surface area contributed by atoms with Gasteiger partial charge in [0.2, 0.25) is 5.95 Å². The highest BCUT2D eigenvalue weighted by molar-refractivity contribution is 5.58. The Bertz CT molecular complexity index is 946. The number of nitrogens with zero attached hydrogens (tertiary/aromatic N) is 4. The molecule has 28 heavy (non-hydrogen) atoms. The Labute approximate surface area is 164 Å². The molecule has 144 valence electrons. The molecule has 5 nitrogen and oxygen atoms in total. The SMILES string of the molecule is Cc1cc(C)cc(Nc2nccc(N3CCN(c4ccccc4F)CC3)n2)c1. The van der Waals surface area contributed by atoms with E-state index in [0.29, 0.717) is 11.6 Å². The molecule has 0 atom stereocenters. The normalized spacial score (nSPS) is 14.2. The van der Waals surface area contributed by atoms with Gasteiger partial charge in [-0.05, 0) is 55.3 Å². The van der Waals surface area contributed by atoms with Crippen LogP contribution < -0.4 is 15.1 Å². The lowest BCUT2D eigenvalue weighted by atomic mass is 10.1. The van der Waals surface area contributed by atoms with E-state index in [1.165, 1.54) is 17.2 Å². The number of anilines is 4. The largest absolute Gasteiger partial charge is 0.366 e. The predicted molar refractivity (Wildman–Crippen MR) is 112 cm³/mol. The first-order valence-electron chi connectivity index (χ1n) is 9.51. The molecule has 0 aliphatic carbocycles. The van der Waals surface area contributed by atoms with E-state index in [-0.39, 0.29) is 5.82 Å². The number of nitrogens with one attached hydrogen (secondary N) is 1. The van der Waals surface area contributed by atoms with Gasteiger partial charge in [0, 0.05) is 38.1 Å². The van der Waals surface area contributed by atoms with Crippen LogP contribution in [0.1, 0.15) is 11.1 Å². The van der Waals surface area contributed by atoms with Crippen LogP contribution in [0.15, 0.2) is 54.7 Å². The summed E-state index contributed by atoms with van der Waals surface area (Å²) < 4.78 is 14.0. The van der Waals surface area contributed by atoms with E-state index in [1.54, 1.807) is 12.3 Å². The van der Waals surface area contributed by atoms with Crippen molar-refractivity contribution in [3.05, 3.63) is 71.7 Å². The van der Waals surface area contributed by atoms with E-state index < -0.39 is 0 Å². The third-order valence-electron chi connectivity index (χ3n) is 4.92. The Morgan fingerprint density at radius 1 is 0.893 bits per heavy atom. The van der Waals surface area contributed by atoms with Gasteiger partial charge in [-0.15, -0.1) is 0 Å². The second-order valence-electron chi connectivity index (χ2n) is 7.17. The number of benzene rings is 2. The maximum Gasteiger partial charge on any atom is 0.229 e. The highest BCUT2D eigenvalue weighted by Crippen LogP contribution is 2.23. The summed E-state index contributed by atoms with van der Waals surface area (Å²) >= 11 is 0. The molecule has 1 N–H and O–H groups in total. The Morgan fingerprint density at radius 3 is 2.29 bits per heavy atom. The van der Waals surface area contributed by atoms with E-state index >= 15 is 0 Å².